The summed E-state index contributed by atoms with van der Waals surface area (Å²) in [6, 6.07) is 7.32. The second kappa shape index (κ2) is 8.68. The molecule has 1 aliphatic rings. The summed E-state index contributed by atoms with van der Waals surface area (Å²) in [6.45, 7) is 7.16. The highest BCUT2D eigenvalue weighted by Gasteiger charge is 2.22. The number of rotatable bonds is 6. The summed E-state index contributed by atoms with van der Waals surface area (Å²) < 4.78 is 16.1. The zero-order valence-corrected chi connectivity index (χ0v) is 14.5. The van der Waals surface area contributed by atoms with Crippen LogP contribution in [0.25, 0.3) is 0 Å². The third-order valence-electron chi connectivity index (χ3n) is 3.57. The molecule has 0 radical (unpaired) electrons. The number of hydrogen-bond acceptors (Lipinski definition) is 5. The summed E-state index contributed by atoms with van der Waals surface area (Å²) in [5.41, 5.74) is 0.797. The van der Waals surface area contributed by atoms with Gasteiger partial charge in [0.25, 0.3) is 5.91 Å². The molecule has 0 aromatic heterocycles. The molecule has 1 unspecified atom stereocenters. The average molecular weight is 335 g/mol. The van der Waals surface area contributed by atoms with Crippen LogP contribution in [0.2, 0.25) is 0 Å². The fourth-order valence-corrected chi connectivity index (χ4v) is 2.50. The molecule has 1 aliphatic heterocycles. The molecule has 6 nitrogen and oxygen atoms in total. The molecule has 24 heavy (non-hydrogen) atoms. The van der Waals surface area contributed by atoms with E-state index in [-0.39, 0.29) is 31.1 Å². The van der Waals surface area contributed by atoms with Crippen LogP contribution in [0.4, 0.5) is 0 Å². The van der Waals surface area contributed by atoms with Gasteiger partial charge < -0.3 is 19.1 Å². The normalized spacial score (nSPS) is 17.7. The van der Waals surface area contributed by atoms with Crippen molar-refractivity contribution in [3.8, 4) is 5.75 Å². The van der Waals surface area contributed by atoms with E-state index in [4.69, 9.17) is 14.2 Å². The van der Waals surface area contributed by atoms with Crippen LogP contribution in [-0.4, -0.2) is 55.3 Å². The van der Waals surface area contributed by atoms with Gasteiger partial charge in [0.15, 0.2) is 6.61 Å². The lowest BCUT2D eigenvalue weighted by atomic mass is 10.1. The fourth-order valence-electron chi connectivity index (χ4n) is 2.50. The second-order valence-electron chi connectivity index (χ2n) is 6.17. The SMILES string of the molecule is CC(C)Oc1cccc(CC(=O)OCC(=O)N2CCOC(C)C2)c1. The van der Waals surface area contributed by atoms with E-state index in [2.05, 4.69) is 0 Å². The number of amides is 1. The zero-order chi connectivity index (χ0) is 17.5. The van der Waals surface area contributed by atoms with Crippen molar-refractivity contribution in [2.24, 2.45) is 0 Å². The van der Waals surface area contributed by atoms with Crippen LogP contribution < -0.4 is 4.74 Å². The van der Waals surface area contributed by atoms with Gasteiger partial charge in [0.2, 0.25) is 0 Å². The van der Waals surface area contributed by atoms with E-state index in [1.54, 1.807) is 4.90 Å². The lowest BCUT2D eigenvalue weighted by Crippen LogP contribution is -2.46. The third-order valence-corrected chi connectivity index (χ3v) is 3.57. The Bertz CT molecular complexity index is 572. The number of hydrogen-bond donors (Lipinski definition) is 0. The molecule has 0 spiro atoms. The molecule has 1 aromatic rings. The maximum absolute atomic E-state index is 12.0. The van der Waals surface area contributed by atoms with Gasteiger partial charge in [0.1, 0.15) is 5.75 Å². The lowest BCUT2D eigenvalue weighted by molar-refractivity contribution is -0.154. The van der Waals surface area contributed by atoms with Crippen LogP contribution in [0.1, 0.15) is 26.3 Å². The van der Waals surface area contributed by atoms with Gasteiger partial charge in [-0.25, -0.2) is 0 Å². The highest BCUT2D eigenvalue weighted by atomic mass is 16.5. The smallest absolute Gasteiger partial charge is 0.310 e. The van der Waals surface area contributed by atoms with Crippen LogP contribution >= 0.6 is 0 Å². The molecule has 2 rings (SSSR count). The van der Waals surface area contributed by atoms with E-state index < -0.39 is 5.97 Å². The first-order valence-corrected chi connectivity index (χ1v) is 8.24. The monoisotopic (exact) mass is 335 g/mol. The standard InChI is InChI=1S/C18H25NO5/c1-13(2)24-16-6-4-5-15(9-16)10-18(21)23-12-17(20)19-7-8-22-14(3)11-19/h4-6,9,13-14H,7-8,10-12H2,1-3H3. The van der Waals surface area contributed by atoms with Gasteiger partial charge in [-0.1, -0.05) is 12.1 Å². The van der Waals surface area contributed by atoms with Crippen molar-refractivity contribution < 1.29 is 23.8 Å². The van der Waals surface area contributed by atoms with Gasteiger partial charge in [0.05, 0.1) is 25.2 Å². The number of ether oxygens (including phenoxy) is 3. The van der Waals surface area contributed by atoms with Crippen LogP contribution in [0.15, 0.2) is 24.3 Å². The molecular weight excluding hydrogens is 310 g/mol. The minimum Gasteiger partial charge on any atom is -0.491 e. The first-order chi connectivity index (χ1) is 11.4. The van der Waals surface area contributed by atoms with E-state index in [1.807, 2.05) is 45.0 Å². The summed E-state index contributed by atoms with van der Waals surface area (Å²) in [7, 11) is 0. The molecule has 1 atom stereocenters. The molecule has 6 heteroatoms. The molecule has 0 N–H and O–H groups in total. The Hall–Kier alpha value is -2.08. The number of morpholine rings is 1. The summed E-state index contributed by atoms with van der Waals surface area (Å²) in [4.78, 5) is 25.7. The van der Waals surface area contributed by atoms with E-state index in [0.717, 1.165) is 5.56 Å². The van der Waals surface area contributed by atoms with E-state index in [0.29, 0.717) is 25.4 Å². The Morgan fingerprint density at radius 2 is 2.17 bits per heavy atom. The number of esters is 1. The number of carbonyl (C=O) groups is 2. The van der Waals surface area contributed by atoms with Crippen molar-refractivity contribution in [3.05, 3.63) is 29.8 Å². The maximum atomic E-state index is 12.0. The third kappa shape index (κ3) is 5.85. The van der Waals surface area contributed by atoms with Crippen LogP contribution in [0.5, 0.6) is 5.75 Å². The Labute approximate surface area is 142 Å². The molecule has 0 aliphatic carbocycles. The van der Waals surface area contributed by atoms with Crippen molar-refractivity contribution in [2.75, 3.05) is 26.3 Å². The quantitative estimate of drug-likeness (QED) is 0.742. The molecule has 1 heterocycles. The molecule has 1 amide bonds. The van der Waals surface area contributed by atoms with Crippen molar-refractivity contribution >= 4 is 11.9 Å². The first-order valence-electron chi connectivity index (χ1n) is 8.24. The van der Waals surface area contributed by atoms with Gasteiger partial charge in [-0.2, -0.15) is 0 Å². The second-order valence-corrected chi connectivity index (χ2v) is 6.17. The fraction of sp³-hybridized carbons (Fsp3) is 0.556. The zero-order valence-electron chi connectivity index (χ0n) is 14.5. The highest BCUT2D eigenvalue weighted by Crippen LogP contribution is 2.15. The maximum Gasteiger partial charge on any atom is 0.310 e. The number of nitrogens with zero attached hydrogens (tertiary/aromatic N) is 1. The van der Waals surface area contributed by atoms with Crippen molar-refractivity contribution in [2.45, 2.75) is 39.4 Å². The largest absolute Gasteiger partial charge is 0.491 e. The van der Waals surface area contributed by atoms with Gasteiger partial charge in [-0.15, -0.1) is 0 Å². The Balaban J connectivity index is 1.79. The summed E-state index contributed by atoms with van der Waals surface area (Å²) in [5.74, 6) is 0.107. The van der Waals surface area contributed by atoms with Gasteiger partial charge in [0, 0.05) is 13.1 Å². The van der Waals surface area contributed by atoms with Gasteiger partial charge in [-0.3, -0.25) is 9.59 Å². The topological polar surface area (TPSA) is 65.1 Å². The molecule has 1 fully saturated rings. The number of carbonyl (C=O) groups excluding carboxylic acids is 2. The predicted molar refractivity (Wildman–Crippen MR) is 88.9 cm³/mol. The molecule has 0 saturated carbocycles. The van der Waals surface area contributed by atoms with Crippen LogP contribution in [-0.2, 0) is 25.5 Å². The summed E-state index contributed by atoms with van der Waals surface area (Å²) in [6.07, 6.45) is 0.199. The van der Waals surface area contributed by atoms with E-state index in [1.165, 1.54) is 0 Å². The Kier molecular flexibility index (Phi) is 6.61. The molecule has 132 valence electrons. The van der Waals surface area contributed by atoms with Gasteiger partial charge >= 0.3 is 5.97 Å². The van der Waals surface area contributed by atoms with Crippen LogP contribution in [0.3, 0.4) is 0 Å². The Morgan fingerprint density at radius 1 is 1.38 bits per heavy atom. The molecule has 1 aromatic carbocycles. The predicted octanol–water partition coefficient (Wildman–Crippen LogP) is 1.81. The van der Waals surface area contributed by atoms with Crippen molar-refractivity contribution in [1.29, 1.82) is 0 Å². The summed E-state index contributed by atoms with van der Waals surface area (Å²) in [5, 5.41) is 0. The first kappa shape index (κ1) is 18.3. The number of benzene rings is 1. The van der Waals surface area contributed by atoms with Crippen LogP contribution in [0, 0.1) is 0 Å². The van der Waals surface area contributed by atoms with Gasteiger partial charge in [-0.05, 0) is 38.5 Å². The molecule has 0 bridgehead atoms. The lowest BCUT2D eigenvalue weighted by Gasteiger charge is -2.30. The highest BCUT2D eigenvalue weighted by molar-refractivity contribution is 5.81. The average Bonchev–Trinajstić information content (AvgIpc) is 2.52. The minimum absolute atomic E-state index is 0.0158. The van der Waals surface area contributed by atoms with Crippen molar-refractivity contribution in [1.82, 2.24) is 4.90 Å². The Morgan fingerprint density at radius 3 is 2.88 bits per heavy atom. The molecular formula is C18H25NO5. The molecule has 1 saturated heterocycles. The van der Waals surface area contributed by atoms with E-state index in [9.17, 15) is 9.59 Å². The van der Waals surface area contributed by atoms with E-state index >= 15 is 0 Å². The summed E-state index contributed by atoms with van der Waals surface area (Å²) >= 11 is 0. The van der Waals surface area contributed by atoms with Crippen molar-refractivity contribution in [3.63, 3.8) is 0 Å². The minimum atomic E-state index is -0.425.